The molecule has 134 valence electrons. The van der Waals surface area contributed by atoms with Crippen LogP contribution in [0, 0.1) is 0 Å². The Morgan fingerprint density at radius 3 is 2.12 bits per heavy atom. The van der Waals surface area contributed by atoms with Crippen LogP contribution in [0.4, 0.5) is 0 Å². The van der Waals surface area contributed by atoms with E-state index in [1.54, 1.807) is 23.7 Å². The molecule has 0 aliphatic carbocycles. The van der Waals surface area contributed by atoms with Crippen molar-refractivity contribution in [3.05, 3.63) is 37.5 Å². The van der Waals surface area contributed by atoms with Gasteiger partial charge in [0.2, 0.25) is 12.7 Å². The Kier molecular flexibility index (Phi) is 14.7. The van der Waals surface area contributed by atoms with Gasteiger partial charge >= 0.3 is 12.2 Å². The fraction of sp³-hybridized carbons (Fsp3) is 0.538. The van der Waals surface area contributed by atoms with Crippen molar-refractivity contribution in [1.82, 2.24) is 35.3 Å². The second-order valence-electron chi connectivity index (χ2n) is 3.93. The number of H-pyrrole nitrogens is 3. The van der Waals surface area contributed by atoms with Gasteiger partial charge in [-0.1, -0.05) is 29.5 Å². The van der Waals surface area contributed by atoms with Gasteiger partial charge in [-0.25, -0.2) is 4.98 Å². The summed E-state index contributed by atoms with van der Waals surface area (Å²) in [6, 6.07) is 0. The quantitative estimate of drug-likeness (QED) is 0.257. The lowest BCUT2D eigenvalue weighted by Crippen LogP contribution is -2.38. The van der Waals surface area contributed by atoms with E-state index in [9.17, 15) is 0 Å². The van der Waals surface area contributed by atoms with E-state index in [4.69, 9.17) is 5.11 Å². The summed E-state index contributed by atoms with van der Waals surface area (Å²) in [5.74, 6) is 0.678. The molecule has 4 N–H and O–H groups in total. The van der Waals surface area contributed by atoms with Crippen LogP contribution >= 0.6 is 22.6 Å². The molecule has 10 nitrogen and oxygen atoms in total. The first-order valence-electron chi connectivity index (χ1n) is 7.48. The van der Waals surface area contributed by atoms with Crippen LogP contribution in [0.1, 0.15) is 26.6 Å². The predicted molar refractivity (Wildman–Crippen MR) is 95.8 cm³/mol. The van der Waals surface area contributed by atoms with Gasteiger partial charge in [0.05, 0.1) is 0 Å². The molecule has 3 aromatic heterocycles. The van der Waals surface area contributed by atoms with Gasteiger partial charge in [0, 0.05) is 0 Å². The first kappa shape index (κ1) is 22.1. The zero-order valence-corrected chi connectivity index (χ0v) is 16.4. The Balaban J connectivity index is 0.000000315. The Morgan fingerprint density at radius 1 is 1.08 bits per heavy atom. The topological polar surface area (TPSA) is 127 Å². The number of alkyl halides is 1. The van der Waals surface area contributed by atoms with Gasteiger partial charge in [0.25, 0.3) is 0 Å². The highest BCUT2D eigenvalue weighted by molar-refractivity contribution is 14.1. The van der Waals surface area contributed by atoms with Crippen LogP contribution in [-0.2, 0) is 19.7 Å². The molecule has 0 bridgehead atoms. The number of nitrogens with zero attached hydrogens (tertiary/aromatic N) is 6. The first-order valence-corrected chi connectivity index (χ1v) is 9.01. The summed E-state index contributed by atoms with van der Waals surface area (Å²) in [7, 11) is 0. The lowest BCUT2D eigenvalue weighted by atomic mass is 10.6. The molecule has 24 heavy (non-hydrogen) atoms. The number of aromatic amines is 3. The number of aromatic nitrogens is 9. The lowest BCUT2D eigenvalue weighted by Gasteiger charge is -1.87. The van der Waals surface area contributed by atoms with Gasteiger partial charge in [0.1, 0.15) is 25.7 Å². The minimum Gasteiger partial charge on any atom is -0.383 e. The van der Waals surface area contributed by atoms with E-state index in [0.29, 0.717) is 5.82 Å². The van der Waals surface area contributed by atoms with E-state index < -0.39 is 0 Å². The summed E-state index contributed by atoms with van der Waals surface area (Å²) in [6.07, 6.45) is 7.93. The maximum Gasteiger partial charge on any atom is 0.344 e. The Labute approximate surface area is 154 Å². The standard InChI is InChI=1S/C5H9N3O.C4H7N3.C2H5I.C2H3N3/c1-2-8-5(3-9)6-4-7-8;1-2-7-4-5-3-6-7;1-2-3;1-3-2-5-4-1/h4,9H,2-3H2,1H3;3-4H,2H2,1H3;2H2,1H3;1-2H,(H,3,4,5)/p+2. The van der Waals surface area contributed by atoms with Crippen molar-refractivity contribution in [3.63, 3.8) is 0 Å². The van der Waals surface area contributed by atoms with Gasteiger partial charge in [-0.3, -0.25) is 5.10 Å². The van der Waals surface area contributed by atoms with Gasteiger partial charge in [-0.2, -0.15) is 24.7 Å². The van der Waals surface area contributed by atoms with Crippen molar-refractivity contribution >= 4 is 22.6 Å². The van der Waals surface area contributed by atoms with E-state index in [1.165, 1.54) is 17.1 Å². The zero-order chi connectivity index (χ0) is 18.0. The van der Waals surface area contributed by atoms with Gasteiger partial charge in [0.15, 0.2) is 6.61 Å². The molecule has 11 heteroatoms. The second kappa shape index (κ2) is 16.0. The van der Waals surface area contributed by atoms with Crippen LogP contribution in [0.3, 0.4) is 0 Å². The number of rotatable bonds is 3. The smallest absolute Gasteiger partial charge is 0.344 e. The number of aryl methyl sites for hydroxylation is 2. The molecule has 0 fully saturated rings. The number of aliphatic hydroxyl groups excluding tert-OH is 1. The summed E-state index contributed by atoms with van der Waals surface area (Å²) in [6.45, 7) is 7.92. The summed E-state index contributed by atoms with van der Waals surface area (Å²) in [4.78, 5) is 11.2. The minimum atomic E-state index is -0.00264. The maximum absolute atomic E-state index is 8.64. The SMILES string of the molecule is CCI.CC[n+]1[nH]cnc1CO.CC[n+]1cnc[nH]1.c1nc[nH]n1. The molecule has 0 saturated carbocycles. The van der Waals surface area contributed by atoms with E-state index >= 15 is 0 Å². The summed E-state index contributed by atoms with van der Waals surface area (Å²) < 4.78 is 4.89. The van der Waals surface area contributed by atoms with Crippen molar-refractivity contribution in [2.75, 3.05) is 4.43 Å². The molecule has 0 amide bonds. The van der Waals surface area contributed by atoms with Crippen LogP contribution in [0.15, 0.2) is 31.6 Å². The van der Waals surface area contributed by atoms with E-state index in [2.05, 4.69) is 71.8 Å². The average molecular weight is 451 g/mol. The lowest BCUT2D eigenvalue weighted by molar-refractivity contribution is -0.756. The van der Waals surface area contributed by atoms with E-state index in [-0.39, 0.29) is 6.61 Å². The van der Waals surface area contributed by atoms with Crippen LogP contribution in [-0.4, -0.2) is 44.9 Å². The monoisotopic (exact) mass is 451 g/mol. The molecule has 3 rings (SSSR count). The summed E-state index contributed by atoms with van der Waals surface area (Å²) in [5, 5.41) is 20.4. The number of nitrogens with one attached hydrogen (secondary N) is 3. The molecule has 3 aromatic rings. The van der Waals surface area contributed by atoms with Crippen molar-refractivity contribution in [3.8, 4) is 0 Å². The molecular weight excluding hydrogens is 425 g/mol. The number of aliphatic hydroxyl groups is 1. The fourth-order valence-electron chi connectivity index (χ4n) is 1.31. The van der Waals surface area contributed by atoms with Crippen molar-refractivity contribution in [2.24, 2.45) is 0 Å². The third kappa shape index (κ3) is 10.8. The molecule has 0 radical (unpaired) electrons. The molecule has 0 unspecified atom stereocenters. The van der Waals surface area contributed by atoms with E-state index in [0.717, 1.165) is 13.1 Å². The van der Waals surface area contributed by atoms with Gasteiger partial charge in [-0.15, -0.1) is 0 Å². The average Bonchev–Trinajstić information content (AvgIpc) is 3.40. The normalized spacial score (nSPS) is 8.88. The third-order valence-electron chi connectivity index (χ3n) is 2.37. The zero-order valence-electron chi connectivity index (χ0n) is 14.2. The van der Waals surface area contributed by atoms with Crippen molar-refractivity contribution < 1.29 is 14.5 Å². The predicted octanol–water partition coefficient (Wildman–Crippen LogP) is 0.173. The largest absolute Gasteiger partial charge is 0.383 e. The Hall–Kier alpha value is -1.89. The fourth-order valence-corrected chi connectivity index (χ4v) is 1.31. The molecule has 0 atom stereocenters. The molecular formula is C13H26IN9O+2. The molecule has 0 saturated heterocycles. The van der Waals surface area contributed by atoms with Crippen molar-refractivity contribution in [1.29, 1.82) is 0 Å². The maximum atomic E-state index is 8.64. The Morgan fingerprint density at radius 2 is 1.83 bits per heavy atom. The van der Waals surface area contributed by atoms with Crippen molar-refractivity contribution in [2.45, 2.75) is 40.5 Å². The molecule has 0 aromatic carbocycles. The van der Waals surface area contributed by atoms with Crippen LogP contribution in [0.2, 0.25) is 0 Å². The highest BCUT2D eigenvalue weighted by atomic mass is 127. The summed E-state index contributed by atoms with van der Waals surface area (Å²) >= 11 is 2.29. The van der Waals surface area contributed by atoms with Crippen LogP contribution < -0.4 is 9.36 Å². The number of hydrogen-bond acceptors (Lipinski definition) is 5. The second-order valence-corrected chi connectivity index (χ2v) is 5.46. The highest BCUT2D eigenvalue weighted by Crippen LogP contribution is 1.79. The number of halogens is 1. The number of hydrogen-bond donors (Lipinski definition) is 4. The minimum absolute atomic E-state index is 0.00264. The van der Waals surface area contributed by atoms with Gasteiger partial charge < -0.3 is 5.11 Å². The Bertz CT molecular complexity index is 532. The van der Waals surface area contributed by atoms with Gasteiger partial charge in [-0.05, 0) is 28.2 Å². The molecule has 3 heterocycles. The van der Waals surface area contributed by atoms with Crippen LogP contribution in [0.25, 0.3) is 0 Å². The highest BCUT2D eigenvalue weighted by Gasteiger charge is 2.08. The van der Waals surface area contributed by atoms with E-state index in [1.807, 2.05) is 11.6 Å². The van der Waals surface area contributed by atoms with Crippen LogP contribution in [0.5, 0.6) is 0 Å². The third-order valence-corrected chi connectivity index (χ3v) is 2.37. The summed E-state index contributed by atoms with van der Waals surface area (Å²) in [5.41, 5.74) is 0. The molecule has 0 aliphatic rings. The first-order chi connectivity index (χ1) is 11.7. The molecule has 0 spiro atoms. The molecule has 0 aliphatic heterocycles.